The monoisotopic (exact) mass is 207 g/mol. The van der Waals surface area contributed by atoms with Crippen molar-refractivity contribution in [3.05, 3.63) is 30.1 Å². The summed E-state index contributed by atoms with van der Waals surface area (Å²) in [6.07, 6.45) is 2.66. The minimum atomic E-state index is -0.675. The number of hydrogen-bond donors (Lipinski definition) is 0. The highest BCUT2D eigenvalue weighted by molar-refractivity contribution is 5.13. The molecule has 81 valence electrons. The van der Waals surface area contributed by atoms with Crippen molar-refractivity contribution in [3.8, 4) is 0 Å². The predicted molar refractivity (Wildman–Crippen MR) is 54.9 cm³/mol. The molecule has 15 heavy (non-hydrogen) atoms. The fourth-order valence-corrected chi connectivity index (χ4v) is 1.70. The van der Waals surface area contributed by atoms with Crippen molar-refractivity contribution < 1.29 is 9.84 Å². The maximum Gasteiger partial charge on any atom is 0.131 e. The van der Waals surface area contributed by atoms with Gasteiger partial charge < -0.3 is 4.74 Å². The van der Waals surface area contributed by atoms with Crippen LogP contribution < -0.4 is 0 Å². The second-order valence-corrected chi connectivity index (χ2v) is 3.68. The Morgan fingerprint density at radius 1 is 1.33 bits per heavy atom. The normalized spacial score (nSPS) is 20.1. The number of ether oxygens (including phenoxy) is 1. The average Bonchev–Trinajstić information content (AvgIpc) is 2.31. The molecule has 0 saturated carbocycles. The van der Waals surface area contributed by atoms with Crippen LogP contribution >= 0.6 is 0 Å². The Morgan fingerprint density at radius 3 is 2.67 bits per heavy atom. The Labute approximate surface area is 89.5 Å². The molecule has 0 spiro atoms. The van der Waals surface area contributed by atoms with E-state index in [1.807, 2.05) is 0 Å². The Bertz CT molecular complexity index is 286. The molecule has 0 bridgehead atoms. The fraction of sp³-hybridized carbons (Fsp3) is 0.545. The first-order chi connectivity index (χ1) is 7.36. The van der Waals surface area contributed by atoms with Crippen LogP contribution in [0.2, 0.25) is 0 Å². The van der Waals surface area contributed by atoms with Crippen molar-refractivity contribution >= 4 is 0 Å². The molecular weight excluding hydrogens is 192 g/mol. The van der Waals surface area contributed by atoms with Crippen molar-refractivity contribution in [3.63, 3.8) is 0 Å². The lowest BCUT2D eigenvalue weighted by Gasteiger charge is -2.27. The number of rotatable bonds is 3. The van der Waals surface area contributed by atoms with E-state index in [1.165, 1.54) is 0 Å². The Hall–Kier alpha value is -0.970. The first kappa shape index (κ1) is 10.5. The molecule has 0 amide bonds. The van der Waals surface area contributed by atoms with E-state index in [2.05, 4.69) is 9.88 Å². The standard InChI is InChI=1S/C11H15N2O2/c14-11(10-1-3-12-4-2-10)9-13-5-7-15-8-6-13/h1-4,11H,5-9H2. The topological polar surface area (TPSA) is 45.3 Å². The summed E-state index contributed by atoms with van der Waals surface area (Å²) in [7, 11) is 0. The average molecular weight is 207 g/mol. The summed E-state index contributed by atoms with van der Waals surface area (Å²) in [5, 5.41) is 11.9. The predicted octanol–water partition coefficient (Wildman–Crippen LogP) is 0.885. The molecular formula is C11H15N2O2. The number of morpholine rings is 1. The zero-order valence-electron chi connectivity index (χ0n) is 8.63. The summed E-state index contributed by atoms with van der Waals surface area (Å²) in [4.78, 5) is 6.06. The van der Waals surface area contributed by atoms with Gasteiger partial charge in [-0.05, 0) is 17.7 Å². The van der Waals surface area contributed by atoms with Gasteiger partial charge in [0.25, 0.3) is 0 Å². The van der Waals surface area contributed by atoms with Crippen LogP contribution in [-0.4, -0.2) is 42.7 Å². The van der Waals surface area contributed by atoms with Crippen LogP contribution in [-0.2, 0) is 9.84 Å². The Kier molecular flexibility index (Phi) is 3.66. The summed E-state index contributed by atoms with van der Waals surface area (Å²) >= 11 is 0. The minimum absolute atomic E-state index is 0.563. The van der Waals surface area contributed by atoms with Gasteiger partial charge in [0.2, 0.25) is 0 Å². The van der Waals surface area contributed by atoms with Crippen LogP contribution in [0.25, 0.3) is 0 Å². The zero-order chi connectivity index (χ0) is 10.5. The molecule has 4 nitrogen and oxygen atoms in total. The first-order valence-electron chi connectivity index (χ1n) is 5.22. The minimum Gasteiger partial charge on any atom is -0.379 e. The number of aromatic nitrogens is 1. The summed E-state index contributed by atoms with van der Waals surface area (Å²) in [6.45, 7) is 3.77. The second kappa shape index (κ2) is 5.21. The highest BCUT2D eigenvalue weighted by Gasteiger charge is 2.16. The molecule has 1 atom stereocenters. The van der Waals surface area contributed by atoms with Crippen LogP contribution in [0.3, 0.4) is 0 Å². The van der Waals surface area contributed by atoms with Gasteiger partial charge in [-0.25, -0.2) is 5.11 Å². The first-order valence-corrected chi connectivity index (χ1v) is 5.22. The van der Waals surface area contributed by atoms with Crippen molar-refractivity contribution in [1.82, 2.24) is 9.88 Å². The van der Waals surface area contributed by atoms with Crippen LogP contribution in [0.5, 0.6) is 0 Å². The zero-order valence-corrected chi connectivity index (χ0v) is 8.63. The van der Waals surface area contributed by atoms with Crippen LogP contribution in [0.1, 0.15) is 11.7 Å². The smallest absolute Gasteiger partial charge is 0.131 e. The maximum atomic E-state index is 11.9. The molecule has 1 unspecified atom stereocenters. The van der Waals surface area contributed by atoms with Gasteiger partial charge in [0.1, 0.15) is 6.10 Å². The van der Waals surface area contributed by atoms with Gasteiger partial charge in [-0.1, -0.05) is 0 Å². The molecule has 1 saturated heterocycles. The lowest BCUT2D eigenvalue weighted by atomic mass is 10.1. The quantitative estimate of drug-likeness (QED) is 0.739. The second-order valence-electron chi connectivity index (χ2n) is 3.68. The van der Waals surface area contributed by atoms with Gasteiger partial charge in [0.05, 0.1) is 13.2 Å². The summed E-state index contributed by atoms with van der Waals surface area (Å²) in [5.41, 5.74) is 0.816. The molecule has 1 radical (unpaired) electrons. The number of hydrogen-bond acceptors (Lipinski definition) is 3. The highest BCUT2D eigenvalue weighted by Crippen LogP contribution is 2.14. The summed E-state index contributed by atoms with van der Waals surface area (Å²) in [5.74, 6) is 0. The van der Waals surface area contributed by atoms with Gasteiger partial charge in [0.15, 0.2) is 0 Å². The molecule has 2 heterocycles. The van der Waals surface area contributed by atoms with Crippen LogP contribution in [0.15, 0.2) is 24.5 Å². The maximum absolute atomic E-state index is 11.9. The van der Waals surface area contributed by atoms with E-state index in [4.69, 9.17) is 4.74 Å². The van der Waals surface area contributed by atoms with E-state index >= 15 is 0 Å². The lowest BCUT2D eigenvalue weighted by molar-refractivity contribution is -0.00429. The molecule has 2 rings (SSSR count). The van der Waals surface area contributed by atoms with Gasteiger partial charge >= 0.3 is 0 Å². The van der Waals surface area contributed by atoms with Gasteiger partial charge in [-0.3, -0.25) is 9.88 Å². The summed E-state index contributed by atoms with van der Waals surface area (Å²) < 4.78 is 5.23. The molecule has 1 aliphatic heterocycles. The van der Waals surface area contributed by atoms with Crippen LogP contribution in [0, 0.1) is 0 Å². The van der Waals surface area contributed by atoms with Crippen molar-refractivity contribution in [2.45, 2.75) is 6.10 Å². The molecule has 4 heteroatoms. The van der Waals surface area contributed by atoms with E-state index in [0.717, 1.165) is 31.9 Å². The molecule has 1 aliphatic rings. The van der Waals surface area contributed by atoms with E-state index in [-0.39, 0.29) is 0 Å². The van der Waals surface area contributed by atoms with Crippen LogP contribution in [0.4, 0.5) is 0 Å². The Morgan fingerprint density at radius 2 is 2.00 bits per heavy atom. The third kappa shape index (κ3) is 2.99. The van der Waals surface area contributed by atoms with Crippen molar-refractivity contribution in [2.24, 2.45) is 0 Å². The molecule has 0 N–H and O–H groups in total. The largest absolute Gasteiger partial charge is 0.379 e. The molecule has 1 fully saturated rings. The molecule has 0 aliphatic carbocycles. The highest BCUT2D eigenvalue weighted by atomic mass is 16.5. The van der Waals surface area contributed by atoms with E-state index in [1.54, 1.807) is 24.5 Å². The van der Waals surface area contributed by atoms with Gasteiger partial charge in [-0.15, -0.1) is 0 Å². The van der Waals surface area contributed by atoms with E-state index in [9.17, 15) is 5.11 Å². The molecule has 0 aromatic carbocycles. The number of nitrogens with zero attached hydrogens (tertiary/aromatic N) is 2. The third-order valence-corrected chi connectivity index (χ3v) is 2.61. The SMILES string of the molecule is [O]C(CN1CCOCC1)c1ccncc1. The lowest BCUT2D eigenvalue weighted by Crippen LogP contribution is -2.38. The van der Waals surface area contributed by atoms with E-state index < -0.39 is 6.10 Å². The summed E-state index contributed by atoms with van der Waals surface area (Å²) in [6, 6.07) is 3.58. The molecule has 1 aromatic heterocycles. The van der Waals surface area contributed by atoms with Gasteiger partial charge in [0, 0.05) is 32.0 Å². The fourth-order valence-electron chi connectivity index (χ4n) is 1.70. The van der Waals surface area contributed by atoms with Crippen molar-refractivity contribution in [2.75, 3.05) is 32.8 Å². The number of pyridine rings is 1. The van der Waals surface area contributed by atoms with E-state index in [0.29, 0.717) is 6.54 Å². The van der Waals surface area contributed by atoms with Crippen molar-refractivity contribution in [1.29, 1.82) is 0 Å². The Balaban J connectivity index is 1.88. The molecule has 1 aromatic rings. The van der Waals surface area contributed by atoms with Gasteiger partial charge in [-0.2, -0.15) is 0 Å². The third-order valence-electron chi connectivity index (χ3n) is 2.61.